The molecule has 3 rings (SSSR count). The van der Waals surface area contributed by atoms with E-state index in [1.54, 1.807) is 12.4 Å². The van der Waals surface area contributed by atoms with Crippen molar-refractivity contribution in [3.05, 3.63) is 59.4 Å². The number of nitrogens with zero attached hydrogens (tertiary/aromatic N) is 2. The third-order valence-corrected chi connectivity index (χ3v) is 4.04. The van der Waals surface area contributed by atoms with Gasteiger partial charge in [0.25, 0.3) is 5.91 Å². The number of rotatable bonds is 3. The second-order valence-electron chi connectivity index (χ2n) is 4.47. The summed E-state index contributed by atoms with van der Waals surface area (Å²) < 4.78 is 0.921. The zero-order valence-electron chi connectivity index (χ0n) is 10.9. The zero-order chi connectivity index (χ0) is 13.9. The topological polar surface area (TPSA) is 54.9 Å². The standard InChI is InChI=1S/C15H13N3OS/c1-10(11-5-3-2-4-6-11)17-14(19)15-18-12-7-8-16-9-13(12)20-15/h2-10H,1H3,(H,17,19)/t10-/m0/s1. The first-order chi connectivity index (χ1) is 9.74. The minimum absolute atomic E-state index is 0.0474. The van der Waals surface area contributed by atoms with E-state index in [0.29, 0.717) is 5.01 Å². The van der Waals surface area contributed by atoms with Crippen LogP contribution in [-0.2, 0) is 0 Å². The van der Waals surface area contributed by atoms with Crippen LogP contribution in [0.3, 0.4) is 0 Å². The van der Waals surface area contributed by atoms with E-state index in [2.05, 4.69) is 15.3 Å². The Bertz CT molecular complexity index is 706. The van der Waals surface area contributed by atoms with Crippen molar-refractivity contribution in [2.75, 3.05) is 0 Å². The van der Waals surface area contributed by atoms with Gasteiger partial charge < -0.3 is 5.32 Å². The molecule has 1 N–H and O–H groups in total. The normalized spacial score (nSPS) is 12.2. The van der Waals surface area contributed by atoms with Gasteiger partial charge in [0, 0.05) is 12.4 Å². The predicted molar refractivity (Wildman–Crippen MR) is 79.7 cm³/mol. The van der Waals surface area contributed by atoms with Crippen molar-refractivity contribution < 1.29 is 4.79 Å². The van der Waals surface area contributed by atoms with Crippen LogP contribution >= 0.6 is 11.3 Å². The fourth-order valence-electron chi connectivity index (χ4n) is 1.96. The lowest BCUT2D eigenvalue weighted by Gasteiger charge is -2.12. The monoisotopic (exact) mass is 283 g/mol. The molecule has 100 valence electrons. The first-order valence-corrected chi connectivity index (χ1v) is 7.12. The van der Waals surface area contributed by atoms with Gasteiger partial charge in [-0.3, -0.25) is 9.78 Å². The maximum atomic E-state index is 12.2. The Hall–Kier alpha value is -2.27. The number of nitrogens with one attached hydrogen (secondary N) is 1. The average Bonchev–Trinajstić information content (AvgIpc) is 2.92. The molecule has 0 aliphatic rings. The molecule has 1 amide bonds. The lowest BCUT2D eigenvalue weighted by atomic mass is 10.1. The Morgan fingerprint density at radius 2 is 2.05 bits per heavy atom. The first kappa shape index (κ1) is 12.7. The number of fused-ring (bicyclic) bond motifs is 1. The number of benzene rings is 1. The molecule has 0 radical (unpaired) electrons. The van der Waals surface area contributed by atoms with Gasteiger partial charge in [0.1, 0.15) is 0 Å². The van der Waals surface area contributed by atoms with E-state index in [1.165, 1.54) is 11.3 Å². The Kier molecular flexibility index (Phi) is 3.43. The highest BCUT2D eigenvalue weighted by Crippen LogP contribution is 2.21. The molecule has 0 bridgehead atoms. The summed E-state index contributed by atoms with van der Waals surface area (Å²) in [6, 6.07) is 11.6. The Morgan fingerprint density at radius 3 is 2.80 bits per heavy atom. The quantitative estimate of drug-likeness (QED) is 0.803. The van der Waals surface area contributed by atoms with Crippen molar-refractivity contribution >= 4 is 27.5 Å². The Labute approximate surface area is 120 Å². The van der Waals surface area contributed by atoms with Gasteiger partial charge in [-0.25, -0.2) is 4.98 Å². The molecule has 2 aromatic heterocycles. The van der Waals surface area contributed by atoms with E-state index in [9.17, 15) is 4.79 Å². The van der Waals surface area contributed by atoms with E-state index in [-0.39, 0.29) is 11.9 Å². The number of carbonyl (C=O) groups excluding carboxylic acids is 1. The largest absolute Gasteiger partial charge is 0.343 e. The van der Waals surface area contributed by atoms with Gasteiger partial charge in [-0.1, -0.05) is 30.3 Å². The second kappa shape index (κ2) is 5.38. The van der Waals surface area contributed by atoms with Crippen molar-refractivity contribution in [1.82, 2.24) is 15.3 Å². The molecule has 0 fully saturated rings. The zero-order valence-corrected chi connectivity index (χ0v) is 11.7. The summed E-state index contributed by atoms with van der Waals surface area (Å²) in [5.41, 5.74) is 1.88. The van der Waals surface area contributed by atoms with Crippen molar-refractivity contribution in [2.24, 2.45) is 0 Å². The van der Waals surface area contributed by atoms with Crippen molar-refractivity contribution in [3.63, 3.8) is 0 Å². The minimum atomic E-state index is -0.150. The summed E-state index contributed by atoms with van der Waals surface area (Å²) in [5, 5.41) is 3.43. The van der Waals surface area contributed by atoms with Crippen LogP contribution in [0.15, 0.2) is 48.8 Å². The van der Waals surface area contributed by atoms with E-state index in [1.807, 2.05) is 43.3 Å². The van der Waals surface area contributed by atoms with E-state index in [0.717, 1.165) is 15.8 Å². The molecule has 0 spiro atoms. The molecule has 0 aliphatic carbocycles. The molecule has 3 aromatic rings. The number of pyridine rings is 1. The van der Waals surface area contributed by atoms with Crippen LogP contribution in [0.5, 0.6) is 0 Å². The second-order valence-corrected chi connectivity index (χ2v) is 5.50. The van der Waals surface area contributed by atoms with Gasteiger partial charge in [0.05, 0.1) is 16.3 Å². The summed E-state index contributed by atoms with van der Waals surface area (Å²) in [6.45, 7) is 1.96. The van der Waals surface area contributed by atoms with Crippen LogP contribution in [0.25, 0.3) is 10.2 Å². The molecule has 2 heterocycles. The number of hydrogen-bond donors (Lipinski definition) is 1. The number of hydrogen-bond acceptors (Lipinski definition) is 4. The van der Waals surface area contributed by atoms with E-state index < -0.39 is 0 Å². The van der Waals surface area contributed by atoms with Gasteiger partial charge in [-0.15, -0.1) is 11.3 Å². The van der Waals surface area contributed by atoms with Gasteiger partial charge in [-0.2, -0.15) is 0 Å². The molecule has 0 saturated carbocycles. The molecule has 1 atom stereocenters. The van der Waals surface area contributed by atoms with Crippen LogP contribution in [0.2, 0.25) is 0 Å². The average molecular weight is 283 g/mol. The highest BCUT2D eigenvalue weighted by Gasteiger charge is 2.15. The first-order valence-electron chi connectivity index (χ1n) is 6.30. The van der Waals surface area contributed by atoms with Crippen LogP contribution in [-0.4, -0.2) is 15.9 Å². The van der Waals surface area contributed by atoms with Crippen molar-refractivity contribution in [2.45, 2.75) is 13.0 Å². The summed E-state index contributed by atoms with van der Waals surface area (Å²) in [7, 11) is 0. The molecule has 5 heteroatoms. The van der Waals surface area contributed by atoms with Gasteiger partial charge >= 0.3 is 0 Å². The third-order valence-electron chi connectivity index (χ3n) is 3.03. The maximum absolute atomic E-state index is 12.2. The van der Waals surface area contributed by atoms with Crippen LogP contribution in [0.4, 0.5) is 0 Å². The number of amides is 1. The molecule has 0 saturated heterocycles. The molecule has 1 aromatic carbocycles. The molecule has 4 nitrogen and oxygen atoms in total. The smallest absolute Gasteiger partial charge is 0.280 e. The minimum Gasteiger partial charge on any atom is -0.343 e. The number of carbonyl (C=O) groups is 1. The highest BCUT2D eigenvalue weighted by molar-refractivity contribution is 7.20. The third kappa shape index (κ3) is 2.53. The Balaban J connectivity index is 1.79. The van der Waals surface area contributed by atoms with Crippen molar-refractivity contribution in [1.29, 1.82) is 0 Å². The lowest BCUT2D eigenvalue weighted by molar-refractivity contribution is 0.0939. The van der Waals surface area contributed by atoms with E-state index in [4.69, 9.17) is 0 Å². The molecular formula is C15H13N3OS. The number of thiazole rings is 1. The predicted octanol–water partition coefficient (Wildman–Crippen LogP) is 3.18. The van der Waals surface area contributed by atoms with Crippen LogP contribution in [0, 0.1) is 0 Å². The Morgan fingerprint density at radius 1 is 1.25 bits per heavy atom. The van der Waals surface area contributed by atoms with Gasteiger partial charge in [0.2, 0.25) is 0 Å². The van der Waals surface area contributed by atoms with Crippen LogP contribution < -0.4 is 5.32 Å². The molecule has 0 aliphatic heterocycles. The summed E-state index contributed by atoms with van der Waals surface area (Å²) in [5.74, 6) is -0.150. The fourth-order valence-corrected chi connectivity index (χ4v) is 2.80. The molecule has 0 unspecified atom stereocenters. The van der Waals surface area contributed by atoms with E-state index >= 15 is 0 Å². The summed E-state index contributed by atoms with van der Waals surface area (Å²) >= 11 is 1.36. The fraction of sp³-hybridized carbons (Fsp3) is 0.133. The molecule has 20 heavy (non-hydrogen) atoms. The van der Waals surface area contributed by atoms with Gasteiger partial charge in [-0.05, 0) is 18.6 Å². The molecular weight excluding hydrogens is 270 g/mol. The van der Waals surface area contributed by atoms with Crippen molar-refractivity contribution in [3.8, 4) is 0 Å². The summed E-state index contributed by atoms with van der Waals surface area (Å²) in [6.07, 6.45) is 3.40. The van der Waals surface area contributed by atoms with Gasteiger partial charge in [0.15, 0.2) is 5.01 Å². The van der Waals surface area contributed by atoms with Crippen LogP contribution in [0.1, 0.15) is 28.3 Å². The highest BCUT2D eigenvalue weighted by atomic mass is 32.1. The summed E-state index contributed by atoms with van der Waals surface area (Å²) in [4.78, 5) is 20.6. The number of aromatic nitrogens is 2. The SMILES string of the molecule is C[C@H](NC(=O)c1nc2ccncc2s1)c1ccccc1. The lowest BCUT2D eigenvalue weighted by Crippen LogP contribution is -2.26. The maximum Gasteiger partial charge on any atom is 0.280 e.